The maximum atomic E-state index is 14.9. The molecule has 3 N–H and O–H groups in total. The topological polar surface area (TPSA) is 155 Å². The molecule has 0 aliphatic heterocycles. The number of pyridine rings is 2. The number of aliphatic hydroxyl groups excluding tert-OH is 1. The third-order valence-corrected chi connectivity index (χ3v) is 7.14. The standard InChI is InChI=1S/C21H21F2N5O6S/c1-3-4-18(29)28(31)35(32,33)11-7-14(22)13(15(23)8-11)10-27-19-12-5-6-17(34-2)26-20(12)24-9-16(19)25-21(27)30/h5-9,18,28-29H,3-4,10H2,1-2H3,(H,25,30). The van der Waals surface area contributed by atoms with Crippen LogP contribution >= 0.6 is 0 Å². The molecule has 0 fully saturated rings. The first kappa shape index (κ1) is 24.7. The minimum atomic E-state index is -4.83. The molecule has 14 heteroatoms. The number of aromatic amines is 1. The Morgan fingerprint density at radius 2 is 1.97 bits per heavy atom. The summed E-state index contributed by atoms with van der Waals surface area (Å²) >= 11 is 0. The molecule has 2 atom stereocenters. The molecular formula is C21H21F2N5O6S. The molecular weight excluding hydrogens is 488 g/mol. The van der Waals surface area contributed by atoms with Crippen LogP contribution in [0.1, 0.15) is 25.3 Å². The predicted octanol–water partition coefficient (Wildman–Crippen LogP) is 0.798. The summed E-state index contributed by atoms with van der Waals surface area (Å²) in [5, 5.41) is 22.3. The van der Waals surface area contributed by atoms with Crippen LogP contribution in [0.3, 0.4) is 0 Å². The van der Waals surface area contributed by atoms with Gasteiger partial charge in [-0.1, -0.05) is 6.92 Å². The molecule has 0 bridgehead atoms. The van der Waals surface area contributed by atoms with Crippen LogP contribution in [-0.4, -0.2) is 46.4 Å². The minimum Gasteiger partial charge on any atom is -0.616 e. The fourth-order valence-corrected chi connectivity index (χ4v) is 4.93. The average Bonchev–Trinajstić information content (AvgIpc) is 3.15. The van der Waals surface area contributed by atoms with Crippen molar-refractivity contribution >= 4 is 32.1 Å². The number of rotatable bonds is 8. The number of fused-ring (bicyclic) bond motifs is 3. The van der Waals surface area contributed by atoms with Gasteiger partial charge in [-0.15, -0.1) is 0 Å². The number of hydrogen-bond donors (Lipinski definition) is 3. The second kappa shape index (κ2) is 9.30. The summed E-state index contributed by atoms with van der Waals surface area (Å²) in [4.78, 5) is 22.6. The van der Waals surface area contributed by atoms with E-state index in [1.54, 1.807) is 13.0 Å². The number of halogens is 2. The van der Waals surface area contributed by atoms with Crippen molar-refractivity contribution in [1.82, 2.24) is 19.5 Å². The lowest BCUT2D eigenvalue weighted by molar-refractivity contribution is -0.774. The van der Waals surface area contributed by atoms with Crippen molar-refractivity contribution in [2.75, 3.05) is 7.11 Å². The van der Waals surface area contributed by atoms with Crippen LogP contribution in [-0.2, 0) is 16.6 Å². The number of imidazole rings is 1. The van der Waals surface area contributed by atoms with Gasteiger partial charge < -0.3 is 20.0 Å². The third kappa shape index (κ3) is 4.36. The highest BCUT2D eigenvalue weighted by Gasteiger charge is 2.30. The Kier molecular flexibility index (Phi) is 6.55. The maximum absolute atomic E-state index is 14.9. The number of sulfonamides is 1. The van der Waals surface area contributed by atoms with E-state index in [0.717, 1.165) is 4.57 Å². The normalized spacial score (nSPS) is 13.9. The van der Waals surface area contributed by atoms with E-state index >= 15 is 0 Å². The first-order valence-electron chi connectivity index (χ1n) is 10.5. The molecule has 3 heterocycles. The first-order valence-corrected chi connectivity index (χ1v) is 11.9. The molecule has 0 spiro atoms. The molecule has 1 aromatic carbocycles. The molecule has 4 aromatic rings. The SMILES string of the molecule is CCCC(O)[NH+]([O-])S(=O)(=O)c1cc(F)c(Cn2c(=O)[nH]c3cnc4nc(OC)ccc4c32)c(F)c1. The van der Waals surface area contributed by atoms with Crippen LogP contribution in [0.4, 0.5) is 8.78 Å². The van der Waals surface area contributed by atoms with Gasteiger partial charge in [0, 0.05) is 23.4 Å². The molecule has 2 unspecified atom stereocenters. The van der Waals surface area contributed by atoms with Crippen molar-refractivity contribution in [3.8, 4) is 5.88 Å². The largest absolute Gasteiger partial charge is 0.616 e. The number of ether oxygens (including phenoxy) is 1. The Hall–Kier alpha value is -3.46. The maximum Gasteiger partial charge on any atom is 0.327 e. The van der Waals surface area contributed by atoms with Crippen LogP contribution in [0.2, 0.25) is 0 Å². The van der Waals surface area contributed by atoms with Gasteiger partial charge in [-0.2, -0.15) is 13.4 Å². The Morgan fingerprint density at radius 1 is 1.29 bits per heavy atom. The molecule has 35 heavy (non-hydrogen) atoms. The lowest BCUT2D eigenvalue weighted by Gasteiger charge is -2.26. The number of benzene rings is 1. The van der Waals surface area contributed by atoms with Gasteiger partial charge in [-0.25, -0.2) is 23.0 Å². The second-order valence-corrected chi connectivity index (χ2v) is 9.63. The van der Waals surface area contributed by atoms with E-state index < -0.39 is 55.0 Å². The summed E-state index contributed by atoms with van der Waals surface area (Å²) in [7, 11) is -3.41. The number of aliphatic hydroxyl groups is 1. The molecule has 4 rings (SSSR count). The average molecular weight is 509 g/mol. The molecule has 0 radical (unpaired) electrons. The first-order chi connectivity index (χ1) is 16.6. The van der Waals surface area contributed by atoms with E-state index in [1.807, 2.05) is 0 Å². The van der Waals surface area contributed by atoms with Crippen LogP contribution in [0.5, 0.6) is 5.88 Å². The molecule has 186 valence electrons. The second-order valence-electron chi connectivity index (χ2n) is 7.75. The zero-order valence-electron chi connectivity index (χ0n) is 18.6. The van der Waals surface area contributed by atoms with E-state index in [9.17, 15) is 32.3 Å². The molecule has 3 aromatic heterocycles. The minimum absolute atomic E-state index is 0.117. The van der Waals surface area contributed by atoms with Crippen LogP contribution < -0.4 is 14.9 Å². The van der Waals surface area contributed by atoms with Crippen molar-refractivity contribution in [3.63, 3.8) is 0 Å². The van der Waals surface area contributed by atoms with Gasteiger partial charge in [0.15, 0.2) is 5.65 Å². The fourth-order valence-electron chi connectivity index (χ4n) is 3.71. The summed E-state index contributed by atoms with van der Waals surface area (Å²) < 4.78 is 59.4. The fraction of sp³-hybridized carbons (Fsp3) is 0.286. The Morgan fingerprint density at radius 3 is 2.60 bits per heavy atom. The van der Waals surface area contributed by atoms with Gasteiger partial charge in [0.2, 0.25) is 12.1 Å². The van der Waals surface area contributed by atoms with Crippen molar-refractivity contribution in [2.24, 2.45) is 0 Å². The predicted molar refractivity (Wildman–Crippen MR) is 120 cm³/mol. The van der Waals surface area contributed by atoms with Gasteiger partial charge in [-0.3, -0.25) is 4.57 Å². The lowest BCUT2D eigenvalue weighted by atomic mass is 10.2. The summed E-state index contributed by atoms with van der Waals surface area (Å²) in [6.45, 7) is 1.05. The molecule has 11 nitrogen and oxygen atoms in total. The Labute approximate surface area is 197 Å². The lowest BCUT2D eigenvalue weighted by Crippen LogP contribution is -3.13. The van der Waals surface area contributed by atoms with Crippen LogP contribution in [0.25, 0.3) is 22.1 Å². The van der Waals surface area contributed by atoms with E-state index in [2.05, 4.69) is 15.0 Å². The Bertz CT molecular complexity index is 1560. The van der Waals surface area contributed by atoms with Crippen LogP contribution in [0.15, 0.2) is 40.2 Å². The number of hydroxylamine groups is 1. The zero-order chi connectivity index (χ0) is 25.5. The quantitative estimate of drug-likeness (QED) is 0.233. The molecule has 0 saturated heterocycles. The van der Waals surface area contributed by atoms with Gasteiger partial charge in [0.25, 0.3) is 0 Å². The third-order valence-electron chi connectivity index (χ3n) is 5.48. The van der Waals surface area contributed by atoms with Crippen molar-refractivity contribution < 1.29 is 31.5 Å². The number of nitrogens with zero attached hydrogens (tertiary/aromatic N) is 3. The van der Waals surface area contributed by atoms with E-state index in [4.69, 9.17) is 4.74 Å². The smallest absolute Gasteiger partial charge is 0.327 e. The summed E-state index contributed by atoms with van der Waals surface area (Å²) in [6.07, 6.45) is -0.253. The van der Waals surface area contributed by atoms with E-state index in [0.29, 0.717) is 29.5 Å². The highest BCUT2D eigenvalue weighted by atomic mass is 32.2. The van der Waals surface area contributed by atoms with Crippen LogP contribution in [0, 0.1) is 16.8 Å². The van der Waals surface area contributed by atoms with Gasteiger partial charge in [0.1, 0.15) is 16.5 Å². The number of quaternary nitrogens is 1. The zero-order valence-corrected chi connectivity index (χ0v) is 19.4. The Balaban J connectivity index is 1.79. The van der Waals surface area contributed by atoms with Gasteiger partial charge in [-0.05, 0) is 24.6 Å². The summed E-state index contributed by atoms with van der Waals surface area (Å²) in [5.74, 6) is -2.28. The molecule has 0 saturated carbocycles. The molecule has 0 amide bonds. The molecule has 0 aliphatic rings. The van der Waals surface area contributed by atoms with Crippen molar-refractivity contribution in [3.05, 3.63) is 63.4 Å². The number of H-pyrrole nitrogens is 1. The van der Waals surface area contributed by atoms with Gasteiger partial charge in [0.05, 0.1) is 30.9 Å². The van der Waals surface area contributed by atoms with E-state index in [-0.39, 0.29) is 23.5 Å². The number of methoxy groups -OCH3 is 1. The molecule has 0 aliphatic carbocycles. The summed E-state index contributed by atoms with van der Waals surface area (Å²) in [5.41, 5.74) is -0.469. The highest BCUT2D eigenvalue weighted by Crippen LogP contribution is 2.25. The monoisotopic (exact) mass is 509 g/mol. The highest BCUT2D eigenvalue weighted by molar-refractivity contribution is 7.85. The number of aromatic nitrogens is 4. The number of hydrogen-bond acceptors (Lipinski definition) is 8. The van der Waals surface area contributed by atoms with E-state index in [1.165, 1.54) is 19.4 Å². The van der Waals surface area contributed by atoms with Gasteiger partial charge >= 0.3 is 15.7 Å². The summed E-state index contributed by atoms with van der Waals surface area (Å²) in [6, 6.07) is 4.12. The van der Waals surface area contributed by atoms with Crippen molar-refractivity contribution in [2.45, 2.75) is 37.4 Å². The number of nitrogens with one attached hydrogen (secondary N) is 2. The van der Waals surface area contributed by atoms with Crippen molar-refractivity contribution in [1.29, 1.82) is 0 Å².